The van der Waals surface area contributed by atoms with Gasteiger partial charge in [-0.2, -0.15) is 0 Å². The van der Waals surface area contributed by atoms with Crippen LogP contribution in [0, 0.1) is 0 Å². The van der Waals surface area contributed by atoms with Crippen molar-refractivity contribution in [1.82, 2.24) is 9.80 Å². The molecule has 0 amide bonds. The minimum Gasteiger partial charge on any atom is -0.362 e. The first-order chi connectivity index (χ1) is 11.3. The SMILES string of the molecule is [2H]C1N(C)C=CN1CCCCCCCCCCCCCCCC. The smallest absolute Gasteiger partial charge is 0.0890 e. The van der Waals surface area contributed by atoms with Crippen LogP contribution < -0.4 is 0 Å². The molecule has 1 aliphatic heterocycles. The van der Waals surface area contributed by atoms with Gasteiger partial charge in [-0.3, -0.25) is 0 Å². The monoisotopic (exact) mass is 309 g/mol. The lowest BCUT2D eigenvalue weighted by Gasteiger charge is -2.17. The number of rotatable bonds is 15. The van der Waals surface area contributed by atoms with E-state index in [1.165, 1.54) is 89.9 Å². The molecule has 0 saturated carbocycles. The van der Waals surface area contributed by atoms with E-state index >= 15 is 0 Å². The summed E-state index contributed by atoms with van der Waals surface area (Å²) in [5.74, 6) is 0. The molecule has 1 atom stereocenters. The molecule has 0 fully saturated rings. The average Bonchev–Trinajstić information content (AvgIpc) is 2.87. The molecule has 0 saturated heterocycles. The van der Waals surface area contributed by atoms with Crippen LogP contribution >= 0.6 is 0 Å². The molecule has 0 aromatic rings. The maximum Gasteiger partial charge on any atom is 0.0890 e. The van der Waals surface area contributed by atoms with Crippen molar-refractivity contribution in [3.8, 4) is 0 Å². The summed E-state index contributed by atoms with van der Waals surface area (Å²) in [6.45, 7) is 3.12. The fourth-order valence-electron chi connectivity index (χ4n) is 3.12. The standard InChI is InChI=1S/C20H40N2/c1-3-4-5-6-7-8-9-10-11-12-13-14-15-16-17-22-19-18-21(2)20-22/h18-19H,3-17,20H2,1-2H3/i20D. The first-order valence-electron chi connectivity index (χ1n) is 10.4. The zero-order chi connectivity index (χ0) is 16.8. The first kappa shape index (κ1) is 17.7. The minimum atomic E-state index is -0.197. The summed E-state index contributed by atoms with van der Waals surface area (Å²) in [5.41, 5.74) is 0. The predicted molar refractivity (Wildman–Crippen MR) is 98.8 cm³/mol. The van der Waals surface area contributed by atoms with Crippen molar-refractivity contribution in [3.05, 3.63) is 12.4 Å². The van der Waals surface area contributed by atoms with Gasteiger partial charge in [0.1, 0.15) is 0 Å². The Kier molecular flexibility index (Phi) is 11.2. The van der Waals surface area contributed by atoms with Gasteiger partial charge in [-0.1, -0.05) is 90.4 Å². The summed E-state index contributed by atoms with van der Waals surface area (Å²) >= 11 is 0. The van der Waals surface area contributed by atoms with E-state index in [1.807, 2.05) is 18.1 Å². The summed E-state index contributed by atoms with van der Waals surface area (Å²) in [6, 6.07) is 0. The summed E-state index contributed by atoms with van der Waals surface area (Å²) in [6.07, 6.45) is 23.7. The number of hydrogen-bond donors (Lipinski definition) is 0. The van der Waals surface area contributed by atoms with Crippen molar-refractivity contribution < 1.29 is 1.37 Å². The van der Waals surface area contributed by atoms with Crippen LogP contribution in [0.4, 0.5) is 0 Å². The topological polar surface area (TPSA) is 6.48 Å². The maximum absolute atomic E-state index is 7.96. The predicted octanol–water partition coefficient (Wildman–Crippen LogP) is 6.14. The Bertz CT molecular complexity index is 293. The second-order valence-corrected chi connectivity index (χ2v) is 6.91. The fourth-order valence-corrected chi connectivity index (χ4v) is 3.12. The van der Waals surface area contributed by atoms with Crippen molar-refractivity contribution >= 4 is 0 Å². The molecule has 1 heterocycles. The molecule has 0 bridgehead atoms. The normalized spacial score (nSPS) is 18.3. The van der Waals surface area contributed by atoms with E-state index in [1.54, 1.807) is 0 Å². The van der Waals surface area contributed by atoms with Crippen LogP contribution in [0.2, 0.25) is 0 Å². The third-order valence-electron chi connectivity index (χ3n) is 4.59. The summed E-state index contributed by atoms with van der Waals surface area (Å²) < 4.78 is 7.96. The molecule has 130 valence electrons. The van der Waals surface area contributed by atoms with Crippen molar-refractivity contribution in [1.29, 1.82) is 0 Å². The molecule has 0 aromatic carbocycles. The molecule has 0 radical (unpaired) electrons. The highest BCUT2D eigenvalue weighted by molar-refractivity contribution is 4.88. The zero-order valence-electron chi connectivity index (χ0n) is 16.2. The molecule has 0 aromatic heterocycles. The Balaban J connectivity index is 1.74. The second-order valence-electron chi connectivity index (χ2n) is 6.91. The van der Waals surface area contributed by atoms with Gasteiger partial charge in [-0.15, -0.1) is 0 Å². The highest BCUT2D eigenvalue weighted by atomic mass is 15.3. The van der Waals surface area contributed by atoms with Gasteiger partial charge in [0, 0.05) is 26.0 Å². The van der Waals surface area contributed by atoms with E-state index in [2.05, 4.69) is 18.0 Å². The molecule has 1 rings (SSSR count). The Labute approximate surface area is 141 Å². The van der Waals surface area contributed by atoms with Crippen LogP contribution in [0.1, 0.15) is 98.2 Å². The van der Waals surface area contributed by atoms with Crippen LogP contribution in [0.15, 0.2) is 12.4 Å². The number of hydrogen-bond acceptors (Lipinski definition) is 2. The van der Waals surface area contributed by atoms with Gasteiger partial charge in [0.15, 0.2) is 0 Å². The van der Waals surface area contributed by atoms with Crippen LogP contribution in [-0.4, -0.2) is 30.0 Å². The minimum absolute atomic E-state index is 0.197. The fraction of sp³-hybridized carbons (Fsp3) is 0.900. The molecular formula is C20H40N2. The molecule has 2 nitrogen and oxygen atoms in total. The van der Waals surface area contributed by atoms with Crippen molar-refractivity contribution in [2.45, 2.75) is 96.8 Å². The van der Waals surface area contributed by atoms with Gasteiger partial charge in [0.25, 0.3) is 0 Å². The summed E-state index contributed by atoms with van der Waals surface area (Å²) in [7, 11) is 1.97. The summed E-state index contributed by atoms with van der Waals surface area (Å²) in [5, 5.41) is 0. The van der Waals surface area contributed by atoms with Crippen molar-refractivity contribution in [2.24, 2.45) is 0 Å². The van der Waals surface area contributed by atoms with Crippen molar-refractivity contribution in [3.63, 3.8) is 0 Å². The largest absolute Gasteiger partial charge is 0.362 e. The van der Waals surface area contributed by atoms with Crippen LogP contribution in [-0.2, 0) is 0 Å². The Hall–Kier alpha value is -0.660. The lowest BCUT2D eigenvalue weighted by atomic mass is 10.0. The quantitative estimate of drug-likeness (QED) is 0.335. The van der Waals surface area contributed by atoms with Crippen LogP contribution in [0.3, 0.4) is 0 Å². The third-order valence-corrected chi connectivity index (χ3v) is 4.59. The lowest BCUT2D eigenvalue weighted by molar-refractivity contribution is 0.290. The van der Waals surface area contributed by atoms with Crippen LogP contribution in [0.25, 0.3) is 0 Å². The maximum atomic E-state index is 7.96. The molecule has 0 N–H and O–H groups in total. The molecule has 22 heavy (non-hydrogen) atoms. The second kappa shape index (κ2) is 14.0. The van der Waals surface area contributed by atoms with E-state index in [0.29, 0.717) is 0 Å². The Morgan fingerprint density at radius 1 is 0.727 bits per heavy atom. The van der Waals surface area contributed by atoms with E-state index in [-0.39, 0.29) is 6.64 Å². The van der Waals surface area contributed by atoms with E-state index in [0.717, 1.165) is 6.54 Å². The van der Waals surface area contributed by atoms with Gasteiger partial charge in [0.05, 0.1) is 8.02 Å². The average molecular weight is 310 g/mol. The molecule has 0 spiro atoms. The lowest BCUT2D eigenvalue weighted by Crippen LogP contribution is -2.23. The Morgan fingerprint density at radius 3 is 1.59 bits per heavy atom. The van der Waals surface area contributed by atoms with Crippen molar-refractivity contribution in [2.75, 3.05) is 20.2 Å². The van der Waals surface area contributed by atoms with E-state index in [9.17, 15) is 0 Å². The molecule has 1 aliphatic rings. The van der Waals surface area contributed by atoms with E-state index < -0.39 is 0 Å². The van der Waals surface area contributed by atoms with Crippen LogP contribution in [0.5, 0.6) is 0 Å². The van der Waals surface area contributed by atoms with Gasteiger partial charge in [-0.05, 0) is 6.42 Å². The highest BCUT2D eigenvalue weighted by Crippen LogP contribution is 2.13. The van der Waals surface area contributed by atoms with Gasteiger partial charge in [0.2, 0.25) is 0 Å². The molecule has 2 heteroatoms. The zero-order valence-corrected chi connectivity index (χ0v) is 15.2. The highest BCUT2D eigenvalue weighted by Gasteiger charge is 2.06. The third kappa shape index (κ3) is 11.0. The number of nitrogens with zero attached hydrogens (tertiary/aromatic N) is 2. The Morgan fingerprint density at radius 2 is 1.18 bits per heavy atom. The van der Waals surface area contributed by atoms with E-state index in [4.69, 9.17) is 1.37 Å². The van der Waals surface area contributed by atoms with Gasteiger partial charge >= 0.3 is 0 Å². The molecular weight excluding hydrogens is 268 g/mol. The first-order valence-corrected chi connectivity index (χ1v) is 9.84. The number of unbranched alkanes of at least 4 members (excludes halogenated alkanes) is 13. The molecule has 0 aliphatic carbocycles. The summed E-state index contributed by atoms with van der Waals surface area (Å²) in [4.78, 5) is 4.07. The van der Waals surface area contributed by atoms with Gasteiger partial charge in [-0.25, -0.2) is 0 Å². The van der Waals surface area contributed by atoms with Gasteiger partial charge < -0.3 is 9.80 Å². The molecule has 1 unspecified atom stereocenters.